The van der Waals surface area contributed by atoms with Crippen LogP contribution in [0.1, 0.15) is 37.4 Å². The van der Waals surface area contributed by atoms with Crippen molar-refractivity contribution in [1.29, 1.82) is 0 Å². The summed E-state index contributed by atoms with van der Waals surface area (Å²) in [6.45, 7) is 11.3. The van der Waals surface area contributed by atoms with Crippen molar-refractivity contribution in [2.75, 3.05) is 32.7 Å². The van der Waals surface area contributed by atoms with Crippen molar-refractivity contribution in [3.8, 4) is 0 Å². The summed E-state index contributed by atoms with van der Waals surface area (Å²) in [6, 6.07) is 5.89. The molecule has 2 atom stereocenters. The molecule has 21 heavy (non-hydrogen) atoms. The third kappa shape index (κ3) is 3.82. The Morgan fingerprint density at radius 3 is 2.33 bits per heavy atom. The molecular weight excluding hydrogens is 265 g/mol. The molecule has 0 saturated carbocycles. The molecular formula is C17H28FN3. The molecule has 0 radical (unpaired) electrons. The van der Waals surface area contributed by atoms with E-state index in [0.717, 1.165) is 37.3 Å². The minimum Gasteiger partial charge on any atom is -0.329 e. The van der Waals surface area contributed by atoms with Gasteiger partial charge in [-0.2, -0.15) is 0 Å². The zero-order valence-corrected chi connectivity index (χ0v) is 13.5. The van der Waals surface area contributed by atoms with E-state index in [0.29, 0.717) is 12.6 Å². The molecule has 0 aromatic heterocycles. The Morgan fingerprint density at radius 1 is 1.19 bits per heavy atom. The van der Waals surface area contributed by atoms with Gasteiger partial charge in [0.1, 0.15) is 5.82 Å². The smallest absolute Gasteiger partial charge is 0.123 e. The van der Waals surface area contributed by atoms with Crippen LogP contribution in [0.5, 0.6) is 0 Å². The number of nitrogens with two attached hydrogens (primary N) is 1. The van der Waals surface area contributed by atoms with Gasteiger partial charge in [-0.3, -0.25) is 9.80 Å². The van der Waals surface area contributed by atoms with E-state index in [-0.39, 0.29) is 11.9 Å². The molecule has 1 aromatic rings. The first-order chi connectivity index (χ1) is 10.1. The second-order valence-electron chi connectivity index (χ2n) is 6.08. The highest BCUT2D eigenvalue weighted by molar-refractivity contribution is 5.30. The minimum atomic E-state index is -0.173. The van der Waals surface area contributed by atoms with Gasteiger partial charge in [0.15, 0.2) is 0 Å². The molecule has 0 bridgehead atoms. The molecule has 4 heteroatoms. The van der Waals surface area contributed by atoms with E-state index in [2.05, 4.69) is 23.6 Å². The van der Waals surface area contributed by atoms with Crippen LogP contribution in [0.25, 0.3) is 0 Å². The van der Waals surface area contributed by atoms with E-state index in [4.69, 9.17) is 5.73 Å². The van der Waals surface area contributed by atoms with Crippen molar-refractivity contribution >= 4 is 0 Å². The number of piperazine rings is 1. The van der Waals surface area contributed by atoms with Crippen LogP contribution < -0.4 is 5.73 Å². The van der Waals surface area contributed by atoms with Gasteiger partial charge in [-0.05, 0) is 43.5 Å². The van der Waals surface area contributed by atoms with Crippen molar-refractivity contribution in [2.45, 2.75) is 39.3 Å². The van der Waals surface area contributed by atoms with E-state index >= 15 is 0 Å². The summed E-state index contributed by atoms with van der Waals surface area (Å²) in [5, 5.41) is 0. The maximum Gasteiger partial charge on any atom is 0.123 e. The molecule has 2 N–H and O–H groups in total. The number of nitrogens with zero attached hydrogens (tertiary/aromatic N) is 2. The number of halogens is 1. The number of benzene rings is 1. The largest absolute Gasteiger partial charge is 0.329 e. The van der Waals surface area contributed by atoms with E-state index in [1.165, 1.54) is 6.42 Å². The maximum atomic E-state index is 13.3. The molecule has 1 heterocycles. The van der Waals surface area contributed by atoms with Crippen LogP contribution in [0.4, 0.5) is 4.39 Å². The fourth-order valence-electron chi connectivity index (χ4n) is 3.23. The molecule has 0 spiro atoms. The number of rotatable bonds is 5. The summed E-state index contributed by atoms with van der Waals surface area (Å²) in [7, 11) is 0. The SMILES string of the molecule is CCC(C)N1CCN(C(CN)c2ccc(F)cc2C)CC1. The van der Waals surface area contributed by atoms with Crippen molar-refractivity contribution in [2.24, 2.45) is 5.73 Å². The van der Waals surface area contributed by atoms with E-state index < -0.39 is 0 Å². The number of hydrogen-bond donors (Lipinski definition) is 1. The quantitative estimate of drug-likeness (QED) is 0.905. The highest BCUT2D eigenvalue weighted by Gasteiger charge is 2.26. The Bertz CT molecular complexity index is 455. The molecule has 1 aliphatic rings. The third-order valence-corrected chi connectivity index (χ3v) is 4.82. The molecule has 1 aliphatic heterocycles. The first kappa shape index (κ1) is 16.4. The molecule has 1 aromatic carbocycles. The summed E-state index contributed by atoms with van der Waals surface area (Å²) in [4.78, 5) is 4.99. The Morgan fingerprint density at radius 2 is 1.81 bits per heavy atom. The van der Waals surface area contributed by atoms with Gasteiger partial charge in [0.05, 0.1) is 0 Å². The molecule has 3 nitrogen and oxygen atoms in total. The van der Waals surface area contributed by atoms with Gasteiger partial charge in [-0.25, -0.2) is 4.39 Å². The second-order valence-corrected chi connectivity index (χ2v) is 6.08. The van der Waals surface area contributed by atoms with Crippen molar-refractivity contribution in [3.05, 3.63) is 35.1 Å². The van der Waals surface area contributed by atoms with Gasteiger partial charge in [-0.1, -0.05) is 13.0 Å². The predicted molar refractivity (Wildman–Crippen MR) is 85.8 cm³/mol. The zero-order chi connectivity index (χ0) is 15.4. The first-order valence-electron chi connectivity index (χ1n) is 8.01. The van der Waals surface area contributed by atoms with Crippen LogP contribution in [0, 0.1) is 12.7 Å². The lowest BCUT2D eigenvalue weighted by atomic mass is 9.99. The summed E-state index contributed by atoms with van der Waals surface area (Å²) in [6.07, 6.45) is 1.19. The summed E-state index contributed by atoms with van der Waals surface area (Å²) in [5.74, 6) is -0.173. The number of hydrogen-bond acceptors (Lipinski definition) is 3. The van der Waals surface area contributed by atoms with Crippen LogP contribution in [-0.4, -0.2) is 48.6 Å². The standard InChI is InChI=1S/C17H28FN3/c1-4-14(3)20-7-9-21(10-8-20)17(12-19)16-6-5-15(18)11-13(16)2/h5-6,11,14,17H,4,7-10,12,19H2,1-3H3. The average Bonchev–Trinajstić information content (AvgIpc) is 2.50. The predicted octanol–water partition coefficient (Wildman–Crippen LogP) is 2.55. The molecule has 0 aliphatic carbocycles. The minimum absolute atomic E-state index is 0.173. The van der Waals surface area contributed by atoms with Gasteiger partial charge in [0.25, 0.3) is 0 Å². The van der Waals surface area contributed by atoms with Crippen LogP contribution in [0.2, 0.25) is 0 Å². The highest BCUT2D eigenvalue weighted by atomic mass is 19.1. The first-order valence-corrected chi connectivity index (χ1v) is 8.01. The average molecular weight is 293 g/mol. The Hall–Kier alpha value is -0.970. The van der Waals surface area contributed by atoms with Crippen LogP contribution >= 0.6 is 0 Å². The lowest BCUT2D eigenvalue weighted by Crippen LogP contribution is -2.51. The Kier molecular flexibility index (Phi) is 5.73. The fraction of sp³-hybridized carbons (Fsp3) is 0.647. The lowest BCUT2D eigenvalue weighted by molar-refractivity contribution is 0.0741. The van der Waals surface area contributed by atoms with Gasteiger partial charge < -0.3 is 5.73 Å². The van der Waals surface area contributed by atoms with E-state index in [1.807, 2.05) is 13.0 Å². The Balaban J connectivity index is 2.06. The van der Waals surface area contributed by atoms with Crippen LogP contribution in [-0.2, 0) is 0 Å². The highest BCUT2D eigenvalue weighted by Crippen LogP contribution is 2.25. The van der Waals surface area contributed by atoms with Gasteiger partial charge in [-0.15, -0.1) is 0 Å². The summed E-state index contributed by atoms with van der Waals surface area (Å²) < 4.78 is 13.3. The van der Waals surface area contributed by atoms with Gasteiger partial charge in [0, 0.05) is 44.8 Å². The lowest BCUT2D eigenvalue weighted by Gasteiger charge is -2.41. The Labute approximate surface area is 127 Å². The van der Waals surface area contributed by atoms with Crippen LogP contribution in [0.15, 0.2) is 18.2 Å². The zero-order valence-electron chi connectivity index (χ0n) is 13.5. The summed E-state index contributed by atoms with van der Waals surface area (Å²) >= 11 is 0. The van der Waals surface area contributed by atoms with Crippen LogP contribution in [0.3, 0.4) is 0 Å². The molecule has 1 saturated heterocycles. The fourth-order valence-corrected chi connectivity index (χ4v) is 3.23. The van der Waals surface area contributed by atoms with E-state index in [9.17, 15) is 4.39 Å². The molecule has 1 fully saturated rings. The van der Waals surface area contributed by atoms with E-state index in [1.54, 1.807) is 12.1 Å². The molecule has 2 unspecified atom stereocenters. The normalized spacial score (nSPS) is 20.4. The topological polar surface area (TPSA) is 32.5 Å². The molecule has 2 rings (SSSR count). The third-order valence-electron chi connectivity index (χ3n) is 4.82. The van der Waals surface area contributed by atoms with Crippen molar-refractivity contribution in [1.82, 2.24) is 9.80 Å². The maximum absolute atomic E-state index is 13.3. The second kappa shape index (κ2) is 7.34. The number of aryl methyl sites for hydroxylation is 1. The van der Waals surface area contributed by atoms with Crippen molar-refractivity contribution < 1.29 is 4.39 Å². The van der Waals surface area contributed by atoms with Gasteiger partial charge >= 0.3 is 0 Å². The molecule has 118 valence electrons. The van der Waals surface area contributed by atoms with Crippen molar-refractivity contribution in [3.63, 3.8) is 0 Å². The monoisotopic (exact) mass is 293 g/mol. The molecule has 0 amide bonds. The van der Waals surface area contributed by atoms with Gasteiger partial charge in [0.2, 0.25) is 0 Å². The summed E-state index contributed by atoms with van der Waals surface area (Å²) in [5.41, 5.74) is 8.17.